The van der Waals surface area contributed by atoms with Gasteiger partial charge >= 0.3 is 0 Å². The van der Waals surface area contributed by atoms with Crippen molar-refractivity contribution >= 4 is 11.8 Å². The predicted molar refractivity (Wildman–Crippen MR) is 90.3 cm³/mol. The summed E-state index contributed by atoms with van der Waals surface area (Å²) in [5.74, 6) is 0.904. The van der Waals surface area contributed by atoms with E-state index in [4.69, 9.17) is 0 Å². The third kappa shape index (κ3) is 5.14. The molecule has 112 valence electrons. The highest BCUT2D eigenvalue weighted by Gasteiger charge is 2.20. The maximum absolute atomic E-state index is 3.61. The summed E-state index contributed by atoms with van der Waals surface area (Å²) in [5, 5.41) is 4.43. The Hall–Kier alpha value is -0.470. The summed E-state index contributed by atoms with van der Waals surface area (Å²) in [7, 11) is 0. The van der Waals surface area contributed by atoms with Crippen molar-refractivity contribution in [3.05, 3.63) is 29.8 Å². The molecule has 0 radical (unpaired) electrons. The summed E-state index contributed by atoms with van der Waals surface area (Å²) in [5.41, 5.74) is 1.63. The van der Waals surface area contributed by atoms with E-state index >= 15 is 0 Å². The van der Waals surface area contributed by atoms with Crippen LogP contribution in [0.1, 0.15) is 58.9 Å². The zero-order valence-corrected chi connectivity index (χ0v) is 14.2. The van der Waals surface area contributed by atoms with Crippen LogP contribution in [0.5, 0.6) is 0 Å². The molecule has 0 saturated heterocycles. The largest absolute Gasteiger partial charge is 0.308 e. The second-order valence-electron chi connectivity index (χ2n) is 7.22. The maximum atomic E-state index is 3.61. The summed E-state index contributed by atoms with van der Waals surface area (Å²) >= 11 is 2.11. The highest BCUT2D eigenvalue weighted by atomic mass is 32.2. The molecule has 1 aliphatic rings. The van der Waals surface area contributed by atoms with Gasteiger partial charge in [-0.15, -0.1) is 11.8 Å². The van der Waals surface area contributed by atoms with Crippen molar-refractivity contribution in [3.63, 3.8) is 0 Å². The molecule has 0 spiro atoms. The molecule has 0 aliphatic heterocycles. The third-order valence-corrected chi connectivity index (χ3v) is 5.38. The Labute approximate surface area is 128 Å². The van der Waals surface area contributed by atoms with E-state index in [0.29, 0.717) is 0 Å². The lowest BCUT2D eigenvalue weighted by Gasteiger charge is -2.27. The van der Waals surface area contributed by atoms with Gasteiger partial charge in [0, 0.05) is 22.2 Å². The van der Waals surface area contributed by atoms with E-state index in [1.165, 1.54) is 36.1 Å². The van der Waals surface area contributed by atoms with Crippen LogP contribution < -0.4 is 5.32 Å². The van der Waals surface area contributed by atoms with Crippen molar-refractivity contribution < 1.29 is 0 Å². The van der Waals surface area contributed by atoms with Gasteiger partial charge in [0.05, 0.1) is 0 Å². The monoisotopic (exact) mass is 291 g/mol. The Morgan fingerprint density at radius 2 is 1.95 bits per heavy atom. The number of hydrogen-bond donors (Lipinski definition) is 1. The van der Waals surface area contributed by atoms with Crippen LogP contribution in [0.3, 0.4) is 0 Å². The zero-order chi connectivity index (χ0) is 14.6. The normalized spacial score (nSPS) is 23.8. The van der Waals surface area contributed by atoms with E-state index in [0.717, 1.165) is 17.7 Å². The Morgan fingerprint density at radius 1 is 1.20 bits per heavy atom. The van der Waals surface area contributed by atoms with Crippen molar-refractivity contribution in [2.45, 2.75) is 75.6 Å². The molecule has 1 N–H and O–H groups in total. The van der Waals surface area contributed by atoms with Crippen molar-refractivity contribution in [1.29, 1.82) is 0 Å². The van der Waals surface area contributed by atoms with Gasteiger partial charge in [0.2, 0.25) is 0 Å². The van der Waals surface area contributed by atoms with Crippen LogP contribution in [0.15, 0.2) is 29.2 Å². The standard InChI is InChI=1S/C18H29NS/c1-14-8-7-10-16(12-14)20-17-11-6-5-9-15(17)13-19-18(2,3)4/h5-6,9,11,14,16,19H,7-8,10,12-13H2,1-4H3. The van der Waals surface area contributed by atoms with E-state index in [1.54, 1.807) is 0 Å². The molecule has 1 aromatic rings. The molecule has 1 fully saturated rings. The lowest BCUT2D eigenvalue weighted by atomic mass is 9.91. The molecule has 0 bridgehead atoms. The van der Waals surface area contributed by atoms with E-state index in [2.05, 4.69) is 69.0 Å². The molecule has 1 saturated carbocycles. The first-order chi connectivity index (χ1) is 9.44. The van der Waals surface area contributed by atoms with Crippen LogP contribution in [0.25, 0.3) is 0 Å². The van der Waals surface area contributed by atoms with E-state index in [9.17, 15) is 0 Å². The van der Waals surface area contributed by atoms with Crippen molar-refractivity contribution in [2.24, 2.45) is 5.92 Å². The lowest BCUT2D eigenvalue weighted by molar-refractivity contribution is 0.394. The molecule has 20 heavy (non-hydrogen) atoms. The van der Waals surface area contributed by atoms with Crippen molar-refractivity contribution in [2.75, 3.05) is 0 Å². The fourth-order valence-electron chi connectivity index (χ4n) is 2.79. The van der Waals surface area contributed by atoms with Crippen LogP contribution >= 0.6 is 11.8 Å². The Morgan fingerprint density at radius 3 is 2.65 bits per heavy atom. The van der Waals surface area contributed by atoms with Crippen LogP contribution in [-0.4, -0.2) is 10.8 Å². The van der Waals surface area contributed by atoms with Gasteiger partial charge < -0.3 is 5.32 Å². The summed E-state index contributed by atoms with van der Waals surface area (Å²) in [6.45, 7) is 10.1. The van der Waals surface area contributed by atoms with Crippen molar-refractivity contribution in [1.82, 2.24) is 5.32 Å². The molecule has 1 nitrogen and oxygen atoms in total. The summed E-state index contributed by atoms with van der Waals surface area (Å²) in [4.78, 5) is 1.48. The number of nitrogens with one attached hydrogen (secondary N) is 1. The van der Waals surface area contributed by atoms with Gasteiger partial charge in [0.15, 0.2) is 0 Å². The Kier molecular flexibility index (Phi) is 5.57. The number of rotatable bonds is 4. The molecule has 2 unspecified atom stereocenters. The zero-order valence-electron chi connectivity index (χ0n) is 13.4. The minimum absolute atomic E-state index is 0.178. The van der Waals surface area contributed by atoms with Gasteiger partial charge in [-0.05, 0) is 51.2 Å². The van der Waals surface area contributed by atoms with E-state index in [-0.39, 0.29) is 5.54 Å². The molecular formula is C18H29NS. The second kappa shape index (κ2) is 7.00. The molecule has 2 atom stereocenters. The Balaban J connectivity index is 2.00. The van der Waals surface area contributed by atoms with E-state index in [1.807, 2.05) is 0 Å². The van der Waals surface area contributed by atoms with Gasteiger partial charge in [-0.2, -0.15) is 0 Å². The summed E-state index contributed by atoms with van der Waals surface area (Å²) in [6, 6.07) is 8.90. The van der Waals surface area contributed by atoms with Crippen LogP contribution in [0, 0.1) is 5.92 Å². The first kappa shape index (κ1) is 15.9. The second-order valence-corrected chi connectivity index (χ2v) is 8.57. The molecular weight excluding hydrogens is 262 g/mol. The Bertz CT molecular complexity index is 422. The smallest absolute Gasteiger partial charge is 0.0221 e. The first-order valence-electron chi connectivity index (χ1n) is 7.93. The fraction of sp³-hybridized carbons (Fsp3) is 0.667. The van der Waals surface area contributed by atoms with Gasteiger partial charge in [-0.25, -0.2) is 0 Å². The van der Waals surface area contributed by atoms with Crippen LogP contribution in [0.2, 0.25) is 0 Å². The topological polar surface area (TPSA) is 12.0 Å². The lowest BCUT2D eigenvalue weighted by Crippen LogP contribution is -2.35. The van der Waals surface area contributed by atoms with Crippen molar-refractivity contribution in [3.8, 4) is 0 Å². The highest BCUT2D eigenvalue weighted by molar-refractivity contribution is 8.00. The molecule has 2 rings (SSSR count). The van der Waals surface area contributed by atoms with Gasteiger partial charge in [0.25, 0.3) is 0 Å². The molecule has 1 aliphatic carbocycles. The van der Waals surface area contributed by atoms with E-state index < -0.39 is 0 Å². The van der Waals surface area contributed by atoms with Gasteiger partial charge in [0.1, 0.15) is 0 Å². The average Bonchev–Trinajstić information content (AvgIpc) is 2.37. The number of benzene rings is 1. The SMILES string of the molecule is CC1CCCC(Sc2ccccc2CNC(C)(C)C)C1. The summed E-state index contributed by atoms with van der Waals surface area (Å²) < 4.78 is 0. The minimum Gasteiger partial charge on any atom is -0.308 e. The first-order valence-corrected chi connectivity index (χ1v) is 8.81. The molecule has 0 aromatic heterocycles. The minimum atomic E-state index is 0.178. The highest BCUT2D eigenvalue weighted by Crippen LogP contribution is 2.37. The van der Waals surface area contributed by atoms with Gasteiger partial charge in [-0.3, -0.25) is 0 Å². The average molecular weight is 292 g/mol. The maximum Gasteiger partial charge on any atom is 0.0221 e. The summed E-state index contributed by atoms with van der Waals surface area (Å²) in [6.07, 6.45) is 5.59. The van der Waals surface area contributed by atoms with Gasteiger partial charge in [-0.1, -0.05) is 38.0 Å². The third-order valence-electron chi connectivity index (χ3n) is 3.96. The van der Waals surface area contributed by atoms with Crippen LogP contribution in [0.4, 0.5) is 0 Å². The number of thioether (sulfide) groups is 1. The molecule has 0 heterocycles. The van der Waals surface area contributed by atoms with Crippen LogP contribution in [-0.2, 0) is 6.54 Å². The quantitative estimate of drug-likeness (QED) is 0.813. The predicted octanol–water partition coefficient (Wildman–Crippen LogP) is 5.25. The molecule has 0 amide bonds. The molecule has 2 heteroatoms. The molecule has 1 aromatic carbocycles. The number of hydrogen-bond acceptors (Lipinski definition) is 2. The fourth-order valence-corrected chi connectivity index (χ4v) is 4.31.